The number of allylic oxidation sites excluding steroid dienone is 1. The highest BCUT2D eigenvalue weighted by Gasteiger charge is 2.01. The molecule has 0 radical (unpaired) electrons. The first-order valence-corrected chi connectivity index (χ1v) is 5.75. The van der Waals surface area contributed by atoms with Gasteiger partial charge in [0.15, 0.2) is 0 Å². The van der Waals surface area contributed by atoms with E-state index in [2.05, 4.69) is 11.3 Å². The molecule has 0 aliphatic heterocycles. The summed E-state index contributed by atoms with van der Waals surface area (Å²) in [6.45, 7) is 5.44. The Labute approximate surface area is 85.1 Å². The SMILES string of the molecule is C=C(O)CC.COCCCS(=O)(=O)O. The summed E-state index contributed by atoms with van der Waals surface area (Å²) in [5, 5.41) is 8.17. The molecule has 14 heavy (non-hydrogen) atoms. The lowest BCUT2D eigenvalue weighted by atomic mass is 10.4. The van der Waals surface area contributed by atoms with E-state index in [-0.39, 0.29) is 11.5 Å². The summed E-state index contributed by atoms with van der Waals surface area (Å²) < 4.78 is 32.7. The van der Waals surface area contributed by atoms with Crippen molar-refractivity contribution >= 4 is 10.1 Å². The molecular formula is C8H18O5S. The summed E-state index contributed by atoms with van der Waals surface area (Å²) in [4.78, 5) is 0. The molecule has 0 atom stereocenters. The molecule has 0 unspecified atom stereocenters. The van der Waals surface area contributed by atoms with Gasteiger partial charge in [-0.3, -0.25) is 4.55 Å². The second-order valence-corrected chi connectivity index (χ2v) is 4.12. The molecule has 0 rings (SSSR count). The van der Waals surface area contributed by atoms with Crippen molar-refractivity contribution < 1.29 is 22.8 Å². The Hall–Kier alpha value is -0.590. The highest BCUT2D eigenvalue weighted by atomic mass is 32.2. The van der Waals surface area contributed by atoms with E-state index >= 15 is 0 Å². The van der Waals surface area contributed by atoms with Gasteiger partial charge in [0.2, 0.25) is 0 Å². The van der Waals surface area contributed by atoms with Crippen molar-refractivity contribution in [2.75, 3.05) is 19.5 Å². The Balaban J connectivity index is 0. The van der Waals surface area contributed by atoms with E-state index in [1.807, 2.05) is 6.92 Å². The van der Waals surface area contributed by atoms with Crippen molar-refractivity contribution in [3.05, 3.63) is 12.3 Å². The lowest BCUT2D eigenvalue weighted by Crippen LogP contribution is -2.05. The first-order valence-electron chi connectivity index (χ1n) is 4.14. The van der Waals surface area contributed by atoms with Crippen LogP contribution in [0.2, 0.25) is 0 Å². The van der Waals surface area contributed by atoms with Crippen LogP contribution in [0.4, 0.5) is 0 Å². The van der Waals surface area contributed by atoms with Crippen LogP contribution in [-0.4, -0.2) is 37.5 Å². The molecule has 0 aliphatic rings. The second-order valence-electron chi connectivity index (χ2n) is 2.55. The Morgan fingerprint density at radius 2 is 1.93 bits per heavy atom. The molecule has 0 heterocycles. The number of methoxy groups -OCH3 is 1. The summed E-state index contributed by atoms with van der Waals surface area (Å²) in [5.41, 5.74) is 0. The molecular weight excluding hydrogens is 208 g/mol. The van der Waals surface area contributed by atoms with E-state index in [0.29, 0.717) is 19.4 Å². The van der Waals surface area contributed by atoms with Gasteiger partial charge in [0.05, 0.1) is 11.5 Å². The van der Waals surface area contributed by atoms with E-state index in [1.54, 1.807) is 0 Å². The van der Waals surface area contributed by atoms with Gasteiger partial charge in [-0.15, -0.1) is 0 Å². The standard InChI is InChI=1S/C4H10O4S.C4H8O/c1-8-3-2-4-9(5,6)7;1-3-4(2)5/h2-4H2,1H3,(H,5,6,7);5H,2-3H2,1H3. The largest absolute Gasteiger partial charge is 0.513 e. The Kier molecular flexibility index (Phi) is 10.2. The minimum atomic E-state index is -3.78. The average molecular weight is 226 g/mol. The summed E-state index contributed by atoms with van der Waals surface area (Å²) in [6.07, 6.45) is 1.01. The van der Waals surface area contributed by atoms with E-state index in [4.69, 9.17) is 9.66 Å². The highest BCUT2D eigenvalue weighted by Crippen LogP contribution is 1.87. The fourth-order valence-corrected chi connectivity index (χ4v) is 0.868. The van der Waals surface area contributed by atoms with Crippen LogP contribution >= 0.6 is 0 Å². The van der Waals surface area contributed by atoms with Gasteiger partial charge in [0.1, 0.15) is 0 Å². The summed E-state index contributed by atoms with van der Waals surface area (Å²) in [6, 6.07) is 0. The maximum Gasteiger partial charge on any atom is 0.264 e. The summed E-state index contributed by atoms with van der Waals surface area (Å²) in [5.74, 6) is 0.0332. The molecule has 0 saturated carbocycles. The first-order chi connectivity index (χ1) is 6.33. The quantitative estimate of drug-likeness (QED) is 0.420. The number of aliphatic hydroxyl groups excluding tert-OH is 1. The fourth-order valence-electron chi connectivity index (χ4n) is 0.386. The maximum absolute atomic E-state index is 10.0. The normalized spacial score (nSPS) is 10.2. The molecule has 0 aliphatic carbocycles. The second kappa shape index (κ2) is 8.98. The van der Waals surface area contributed by atoms with Gasteiger partial charge in [-0.05, 0) is 6.42 Å². The van der Waals surface area contributed by atoms with E-state index in [1.165, 1.54) is 7.11 Å². The predicted octanol–water partition coefficient (Wildman–Crippen LogP) is 1.38. The van der Waals surface area contributed by atoms with Crippen molar-refractivity contribution in [3.8, 4) is 0 Å². The molecule has 0 bridgehead atoms. The number of hydrogen-bond donors (Lipinski definition) is 2. The van der Waals surface area contributed by atoms with Crippen LogP contribution in [0.3, 0.4) is 0 Å². The number of hydrogen-bond acceptors (Lipinski definition) is 4. The molecule has 5 nitrogen and oxygen atoms in total. The zero-order chi connectivity index (χ0) is 11.6. The molecule has 2 N–H and O–H groups in total. The Bertz CT molecular complexity index is 232. The third-order valence-electron chi connectivity index (χ3n) is 1.16. The molecule has 0 spiro atoms. The van der Waals surface area contributed by atoms with Crippen LogP contribution in [0.25, 0.3) is 0 Å². The predicted molar refractivity (Wildman–Crippen MR) is 55.0 cm³/mol. The van der Waals surface area contributed by atoms with Crippen LogP contribution in [0, 0.1) is 0 Å². The zero-order valence-electron chi connectivity index (χ0n) is 8.56. The molecule has 0 amide bonds. The van der Waals surface area contributed by atoms with Crippen LogP contribution in [-0.2, 0) is 14.9 Å². The number of ether oxygens (including phenoxy) is 1. The summed E-state index contributed by atoms with van der Waals surface area (Å²) in [7, 11) is -2.30. The van der Waals surface area contributed by atoms with Gasteiger partial charge in [0, 0.05) is 20.1 Å². The van der Waals surface area contributed by atoms with Gasteiger partial charge in [-0.1, -0.05) is 13.5 Å². The van der Waals surface area contributed by atoms with Gasteiger partial charge in [-0.2, -0.15) is 8.42 Å². The Morgan fingerprint density at radius 1 is 1.50 bits per heavy atom. The molecule has 86 valence electrons. The van der Waals surface area contributed by atoms with Crippen LogP contribution in [0.15, 0.2) is 12.3 Å². The first kappa shape index (κ1) is 15.9. The van der Waals surface area contributed by atoms with Crippen LogP contribution < -0.4 is 0 Å². The van der Waals surface area contributed by atoms with Crippen molar-refractivity contribution in [1.29, 1.82) is 0 Å². The topological polar surface area (TPSA) is 83.8 Å². The van der Waals surface area contributed by atoms with Crippen LogP contribution in [0.5, 0.6) is 0 Å². The van der Waals surface area contributed by atoms with Gasteiger partial charge >= 0.3 is 0 Å². The summed E-state index contributed by atoms with van der Waals surface area (Å²) >= 11 is 0. The molecule has 0 saturated heterocycles. The van der Waals surface area contributed by atoms with E-state index in [0.717, 1.165) is 0 Å². The molecule has 0 fully saturated rings. The average Bonchev–Trinajstić information content (AvgIpc) is 2.04. The minimum Gasteiger partial charge on any atom is -0.513 e. The molecule has 0 aromatic rings. The third-order valence-corrected chi connectivity index (χ3v) is 1.96. The maximum atomic E-state index is 10.0. The molecule has 0 aromatic carbocycles. The fraction of sp³-hybridized carbons (Fsp3) is 0.750. The van der Waals surface area contributed by atoms with E-state index in [9.17, 15) is 8.42 Å². The van der Waals surface area contributed by atoms with Crippen molar-refractivity contribution in [3.63, 3.8) is 0 Å². The lowest BCUT2D eigenvalue weighted by molar-refractivity contribution is 0.199. The highest BCUT2D eigenvalue weighted by molar-refractivity contribution is 7.85. The monoisotopic (exact) mass is 226 g/mol. The van der Waals surface area contributed by atoms with Crippen molar-refractivity contribution in [1.82, 2.24) is 0 Å². The lowest BCUT2D eigenvalue weighted by Gasteiger charge is -1.94. The third kappa shape index (κ3) is 22.5. The molecule has 6 heteroatoms. The Morgan fingerprint density at radius 3 is 2.14 bits per heavy atom. The van der Waals surface area contributed by atoms with Gasteiger partial charge in [-0.25, -0.2) is 0 Å². The van der Waals surface area contributed by atoms with E-state index < -0.39 is 10.1 Å². The zero-order valence-corrected chi connectivity index (χ0v) is 9.38. The minimum absolute atomic E-state index is 0.221. The van der Waals surface area contributed by atoms with Crippen LogP contribution in [0.1, 0.15) is 19.8 Å². The number of aliphatic hydroxyl groups is 1. The van der Waals surface area contributed by atoms with Crippen molar-refractivity contribution in [2.45, 2.75) is 19.8 Å². The van der Waals surface area contributed by atoms with Gasteiger partial charge in [0.25, 0.3) is 10.1 Å². The number of rotatable bonds is 5. The van der Waals surface area contributed by atoms with Crippen molar-refractivity contribution in [2.24, 2.45) is 0 Å². The smallest absolute Gasteiger partial charge is 0.264 e. The van der Waals surface area contributed by atoms with Gasteiger partial charge < -0.3 is 9.84 Å². The molecule has 0 aromatic heterocycles.